The summed E-state index contributed by atoms with van der Waals surface area (Å²) in [5.74, 6) is 0.127. The molecule has 0 aliphatic carbocycles. The van der Waals surface area contributed by atoms with E-state index in [0.29, 0.717) is 22.9 Å². The molecule has 140 valence electrons. The van der Waals surface area contributed by atoms with Gasteiger partial charge in [-0.3, -0.25) is 4.79 Å². The molecule has 0 spiro atoms. The predicted octanol–water partition coefficient (Wildman–Crippen LogP) is 2.54. The number of cyclic esters (lactones) is 1. The zero-order valence-corrected chi connectivity index (χ0v) is 15.0. The Morgan fingerprint density at radius 2 is 2.07 bits per heavy atom. The van der Waals surface area contributed by atoms with Crippen LogP contribution >= 0.6 is 11.6 Å². The standard InChI is InChI=1S/C19H17ClN2O5/c20-14-3-1-2-11(7-14)12-6-13-9-22(4-5-26-17(13)16(23)8-12)18(24)15-10-27-19(25)21-15/h1-3,6-8,15,23H,4-5,9-10H2,(H,21,25)/t15-/m1/s1. The van der Waals surface area contributed by atoms with Crippen molar-refractivity contribution in [3.8, 4) is 22.6 Å². The third-order valence-corrected chi connectivity index (χ3v) is 4.79. The fraction of sp³-hybridized carbons (Fsp3) is 0.263. The van der Waals surface area contributed by atoms with Crippen molar-refractivity contribution in [1.29, 1.82) is 0 Å². The van der Waals surface area contributed by atoms with Gasteiger partial charge in [0, 0.05) is 17.1 Å². The van der Waals surface area contributed by atoms with E-state index in [1.807, 2.05) is 18.2 Å². The number of hydrogen-bond donors (Lipinski definition) is 2. The van der Waals surface area contributed by atoms with Gasteiger partial charge in [0.05, 0.1) is 6.54 Å². The van der Waals surface area contributed by atoms with E-state index in [9.17, 15) is 14.7 Å². The molecule has 2 aromatic rings. The Bertz CT molecular complexity index is 917. The Hall–Kier alpha value is -2.93. The summed E-state index contributed by atoms with van der Waals surface area (Å²) in [6, 6.07) is 10.1. The quantitative estimate of drug-likeness (QED) is 0.825. The molecule has 1 saturated heterocycles. The van der Waals surface area contributed by atoms with Gasteiger partial charge in [-0.15, -0.1) is 0 Å². The second-order valence-electron chi connectivity index (χ2n) is 6.40. The first-order chi connectivity index (χ1) is 13.0. The highest BCUT2D eigenvalue weighted by Crippen LogP contribution is 2.38. The number of phenolic OH excluding ortho intramolecular Hbond substituents is 1. The summed E-state index contributed by atoms with van der Waals surface area (Å²) < 4.78 is 10.5. The fourth-order valence-electron chi connectivity index (χ4n) is 3.26. The molecule has 1 fully saturated rings. The molecule has 4 rings (SSSR count). The van der Waals surface area contributed by atoms with Crippen LogP contribution in [-0.2, 0) is 16.1 Å². The van der Waals surface area contributed by atoms with E-state index in [1.54, 1.807) is 23.1 Å². The number of phenols is 1. The number of hydrogen-bond acceptors (Lipinski definition) is 5. The zero-order chi connectivity index (χ0) is 19.0. The van der Waals surface area contributed by atoms with Crippen LogP contribution in [0.4, 0.5) is 4.79 Å². The molecule has 2 aliphatic heterocycles. The lowest BCUT2D eigenvalue weighted by Crippen LogP contribution is -2.45. The average molecular weight is 389 g/mol. The molecule has 0 radical (unpaired) electrons. The SMILES string of the molecule is O=C1N[C@@H](C(=O)N2CCOc3c(O)cc(-c4cccc(Cl)c4)cc3C2)CO1. The number of aromatic hydroxyl groups is 1. The van der Waals surface area contributed by atoms with Crippen molar-refractivity contribution in [2.24, 2.45) is 0 Å². The Balaban J connectivity index is 1.65. The van der Waals surface area contributed by atoms with Gasteiger partial charge in [-0.05, 0) is 35.4 Å². The average Bonchev–Trinajstić information content (AvgIpc) is 2.96. The first-order valence-corrected chi connectivity index (χ1v) is 8.86. The molecular formula is C19H17ClN2O5. The van der Waals surface area contributed by atoms with Crippen LogP contribution in [0.3, 0.4) is 0 Å². The number of carbonyl (C=O) groups excluding carboxylic acids is 2. The van der Waals surface area contributed by atoms with E-state index in [2.05, 4.69) is 5.32 Å². The molecule has 2 aromatic carbocycles. The molecule has 27 heavy (non-hydrogen) atoms. The van der Waals surface area contributed by atoms with Crippen molar-refractivity contribution < 1.29 is 24.2 Å². The summed E-state index contributed by atoms with van der Waals surface area (Å²) in [4.78, 5) is 25.5. The van der Waals surface area contributed by atoms with Crippen molar-refractivity contribution in [3.63, 3.8) is 0 Å². The fourth-order valence-corrected chi connectivity index (χ4v) is 3.45. The lowest BCUT2D eigenvalue weighted by molar-refractivity contribution is -0.133. The van der Waals surface area contributed by atoms with Gasteiger partial charge >= 0.3 is 6.09 Å². The number of nitrogens with zero attached hydrogens (tertiary/aromatic N) is 1. The smallest absolute Gasteiger partial charge is 0.407 e. The van der Waals surface area contributed by atoms with Crippen LogP contribution in [-0.4, -0.2) is 47.8 Å². The molecule has 2 amide bonds. The minimum atomic E-state index is -0.705. The number of ether oxygens (including phenoxy) is 2. The van der Waals surface area contributed by atoms with Crippen molar-refractivity contribution in [2.45, 2.75) is 12.6 Å². The predicted molar refractivity (Wildman–Crippen MR) is 97.7 cm³/mol. The molecule has 8 heteroatoms. The molecule has 2 N–H and O–H groups in total. The molecule has 2 heterocycles. The molecule has 0 bridgehead atoms. The molecule has 7 nitrogen and oxygen atoms in total. The van der Waals surface area contributed by atoms with Gasteiger partial charge < -0.3 is 24.8 Å². The van der Waals surface area contributed by atoms with Gasteiger partial charge in [0.1, 0.15) is 19.3 Å². The van der Waals surface area contributed by atoms with Gasteiger partial charge in [-0.1, -0.05) is 23.7 Å². The van der Waals surface area contributed by atoms with Crippen LogP contribution in [0.2, 0.25) is 5.02 Å². The monoisotopic (exact) mass is 388 g/mol. The number of amides is 2. The Morgan fingerprint density at radius 3 is 2.81 bits per heavy atom. The normalized spacial score (nSPS) is 18.8. The van der Waals surface area contributed by atoms with Crippen LogP contribution < -0.4 is 10.1 Å². The molecule has 0 unspecified atom stereocenters. The first-order valence-electron chi connectivity index (χ1n) is 8.48. The van der Waals surface area contributed by atoms with Crippen molar-refractivity contribution >= 4 is 23.6 Å². The van der Waals surface area contributed by atoms with Crippen molar-refractivity contribution in [1.82, 2.24) is 10.2 Å². The Kier molecular flexibility index (Phi) is 4.53. The van der Waals surface area contributed by atoms with Gasteiger partial charge in [0.25, 0.3) is 0 Å². The van der Waals surface area contributed by atoms with Crippen LogP contribution in [0.5, 0.6) is 11.5 Å². The molecule has 0 aromatic heterocycles. The Labute approximate surface area is 160 Å². The highest BCUT2D eigenvalue weighted by atomic mass is 35.5. The highest BCUT2D eigenvalue weighted by molar-refractivity contribution is 6.30. The van der Waals surface area contributed by atoms with Crippen LogP contribution in [0.1, 0.15) is 5.56 Å². The van der Waals surface area contributed by atoms with Gasteiger partial charge in [0.15, 0.2) is 11.5 Å². The van der Waals surface area contributed by atoms with E-state index < -0.39 is 12.1 Å². The lowest BCUT2D eigenvalue weighted by Gasteiger charge is -2.22. The van der Waals surface area contributed by atoms with E-state index in [4.69, 9.17) is 21.1 Å². The minimum Gasteiger partial charge on any atom is -0.504 e. The first kappa shape index (κ1) is 17.5. The summed E-state index contributed by atoms with van der Waals surface area (Å²) in [5.41, 5.74) is 2.30. The van der Waals surface area contributed by atoms with Crippen LogP contribution in [0.25, 0.3) is 11.1 Å². The number of benzene rings is 2. The summed E-state index contributed by atoms with van der Waals surface area (Å²) >= 11 is 6.07. The zero-order valence-electron chi connectivity index (χ0n) is 14.3. The maximum atomic E-state index is 12.7. The number of carbonyl (C=O) groups is 2. The van der Waals surface area contributed by atoms with E-state index in [-0.39, 0.29) is 31.4 Å². The highest BCUT2D eigenvalue weighted by Gasteiger charge is 2.33. The maximum Gasteiger partial charge on any atom is 0.407 e. The van der Waals surface area contributed by atoms with Gasteiger partial charge in [-0.2, -0.15) is 0 Å². The second kappa shape index (κ2) is 7.00. The molecule has 1 atom stereocenters. The number of halogens is 1. The van der Waals surface area contributed by atoms with E-state index >= 15 is 0 Å². The molecule has 0 saturated carbocycles. The van der Waals surface area contributed by atoms with Crippen LogP contribution in [0.15, 0.2) is 36.4 Å². The van der Waals surface area contributed by atoms with Crippen LogP contribution in [0, 0.1) is 0 Å². The third kappa shape index (κ3) is 3.50. The van der Waals surface area contributed by atoms with E-state index in [0.717, 1.165) is 11.1 Å². The van der Waals surface area contributed by atoms with E-state index in [1.165, 1.54) is 0 Å². The van der Waals surface area contributed by atoms with Gasteiger partial charge in [0.2, 0.25) is 5.91 Å². The second-order valence-corrected chi connectivity index (χ2v) is 6.83. The molecule has 2 aliphatic rings. The lowest BCUT2D eigenvalue weighted by atomic mass is 10.0. The molecular weight excluding hydrogens is 372 g/mol. The third-order valence-electron chi connectivity index (χ3n) is 4.56. The summed E-state index contributed by atoms with van der Waals surface area (Å²) in [7, 11) is 0. The summed E-state index contributed by atoms with van der Waals surface area (Å²) in [6.45, 7) is 0.842. The summed E-state index contributed by atoms with van der Waals surface area (Å²) in [5, 5.41) is 13.5. The largest absolute Gasteiger partial charge is 0.504 e. The number of alkyl carbamates (subject to hydrolysis) is 1. The number of nitrogens with one attached hydrogen (secondary N) is 1. The Morgan fingerprint density at radius 1 is 1.22 bits per heavy atom. The minimum absolute atomic E-state index is 0.00859. The van der Waals surface area contributed by atoms with Crippen molar-refractivity contribution in [3.05, 3.63) is 47.0 Å². The van der Waals surface area contributed by atoms with Gasteiger partial charge in [-0.25, -0.2) is 4.79 Å². The maximum absolute atomic E-state index is 12.7. The summed E-state index contributed by atoms with van der Waals surface area (Å²) in [6.07, 6.45) is -0.597. The topological polar surface area (TPSA) is 88.1 Å². The number of fused-ring (bicyclic) bond motifs is 1. The number of rotatable bonds is 2. The van der Waals surface area contributed by atoms with Crippen molar-refractivity contribution in [2.75, 3.05) is 19.8 Å².